The van der Waals surface area contributed by atoms with Gasteiger partial charge in [-0.2, -0.15) is 0 Å². The van der Waals surface area contributed by atoms with E-state index in [1.165, 1.54) is 51.4 Å². The number of hydrogen-bond acceptors (Lipinski definition) is 6. The molecule has 6 nitrogen and oxygen atoms in total. The molecule has 0 spiro atoms. The van der Waals surface area contributed by atoms with Crippen molar-refractivity contribution < 1.29 is 28.6 Å². The van der Waals surface area contributed by atoms with E-state index in [0.717, 1.165) is 167 Å². The van der Waals surface area contributed by atoms with Gasteiger partial charge in [0.25, 0.3) is 0 Å². The molecule has 0 fully saturated rings. The van der Waals surface area contributed by atoms with Crippen LogP contribution in [0.15, 0.2) is 182 Å². The minimum absolute atomic E-state index is 0.111. The molecule has 0 heterocycles. The van der Waals surface area contributed by atoms with Crippen LogP contribution in [0.5, 0.6) is 0 Å². The molecule has 0 rings (SSSR count). The fourth-order valence-electron chi connectivity index (χ4n) is 8.46. The number of allylic oxidation sites excluding steroid dienone is 30. The van der Waals surface area contributed by atoms with Crippen molar-refractivity contribution in [1.82, 2.24) is 0 Å². The number of carbonyl (C=O) groups is 3. The van der Waals surface area contributed by atoms with Crippen LogP contribution in [-0.4, -0.2) is 37.2 Å². The number of ether oxygens (including phenoxy) is 3. The summed E-state index contributed by atoms with van der Waals surface area (Å²) in [6.45, 7) is 6.33. The van der Waals surface area contributed by atoms with Gasteiger partial charge in [-0.05, 0) is 161 Å². The van der Waals surface area contributed by atoms with Crippen LogP contribution < -0.4 is 0 Å². The lowest BCUT2D eigenvalue weighted by atomic mass is 10.1. The van der Waals surface area contributed by atoms with Crippen LogP contribution in [-0.2, 0) is 28.6 Å². The molecule has 464 valence electrons. The first kappa shape index (κ1) is 77.5. The third-order valence-electron chi connectivity index (χ3n) is 13.4. The van der Waals surface area contributed by atoms with Crippen molar-refractivity contribution in [2.75, 3.05) is 13.2 Å². The van der Waals surface area contributed by atoms with Crippen LogP contribution in [0.1, 0.15) is 265 Å². The van der Waals surface area contributed by atoms with E-state index in [1.54, 1.807) is 0 Å². The Hall–Kier alpha value is -5.49. The molecule has 0 radical (unpaired) electrons. The van der Waals surface area contributed by atoms with Crippen molar-refractivity contribution in [1.29, 1.82) is 0 Å². The van der Waals surface area contributed by atoms with Gasteiger partial charge < -0.3 is 14.2 Å². The van der Waals surface area contributed by atoms with E-state index in [1.807, 2.05) is 0 Å². The van der Waals surface area contributed by atoms with Gasteiger partial charge in [0.15, 0.2) is 6.10 Å². The Balaban J connectivity index is 4.50. The molecule has 0 bridgehead atoms. The SMILES string of the molecule is CC/C=C\C/C=C\C/C=C\C/C=C\C/C=C\C/C=C\C/C=C\C/C=C\CCCCC(=O)OCC(COC(=O)CCCCCCC/C=C\CCCCCC)OC(=O)CCCCCCCC/C=C\C/C=C\C/C=C\C/C=C\C/C=C\C/C=C\CC. The molecule has 0 aromatic heterocycles. The quantitative estimate of drug-likeness (QED) is 0.0261. The molecule has 0 aromatic carbocycles. The van der Waals surface area contributed by atoms with Crippen molar-refractivity contribution in [2.24, 2.45) is 0 Å². The van der Waals surface area contributed by atoms with Gasteiger partial charge in [-0.15, -0.1) is 0 Å². The van der Waals surface area contributed by atoms with Gasteiger partial charge in [0.05, 0.1) is 0 Å². The van der Waals surface area contributed by atoms with Crippen molar-refractivity contribution in [3.05, 3.63) is 182 Å². The van der Waals surface area contributed by atoms with Crippen molar-refractivity contribution in [3.63, 3.8) is 0 Å². The monoisotopic (exact) mass is 1140 g/mol. The highest BCUT2D eigenvalue weighted by molar-refractivity contribution is 5.71. The second-order valence-corrected chi connectivity index (χ2v) is 21.3. The number of carbonyl (C=O) groups excluding carboxylic acids is 3. The maximum absolute atomic E-state index is 12.9. The average molecular weight is 1140 g/mol. The van der Waals surface area contributed by atoms with Gasteiger partial charge in [-0.1, -0.05) is 267 Å². The molecule has 0 N–H and O–H groups in total. The first-order valence-corrected chi connectivity index (χ1v) is 33.3. The molecule has 0 saturated carbocycles. The van der Waals surface area contributed by atoms with E-state index >= 15 is 0 Å². The number of esters is 3. The smallest absolute Gasteiger partial charge is 0.306 e. The predicted octanol–water partition coefficient (Wildman–Crippen LogP) is 23.2. The molecule has 0 aromatic rings. The molecule has 1 atom stereocenters. The maximum atomic E-state index is 12.9. The summed E-state index contributed by atoms with van der Waals surface area (Å²) < 4.78 is 16.9. The van der Waals surface area contributed by atoms with Gasteiger partial charge >= 0.3 is 17.9 Å². The minimum atomic E-state index is -0.820. The normalized spacial score (nSPS) is 13.3. The summed E-state index contributed by atoms with van der Waals surface area (Å²) in [7, 11) is 0. The van der Waals surface area contributed by atoms with Crippen molar-refractivity contribution in [3.8, 4) is 0 Å². The Kier molecular flexibility index (Phi) is 64.4. The van der Waals surface area contributed by atoms with Crippen LogP contribution >= 0.6 is 0 Å². The van der Waals surface area contributed by atoms with Gasteiger partial charge in [0.1, 0.15) is 13.2 Å². The molecular weight excluding hydrogens is 1020 g/mol. The van der Waals surface area contributed by atoms with E-state index in [0.29, 0.717) is 19.3 Å². The molecule has 0 aliphatic rings. The van der Waals surface area contributed by atoms with Crippen LogP contribution in [0.25, 0.3) is 0 Å². The summed E-state index contributed by atoms with van der Waals surface area (Å²) in [5.41, 5.74) is 0. The summed E-state index contributed by atoms with van der Waals surface area (Å²) in [4.78, 5) is 38.4. The Morgan fingerprint density at radius 1 is 0.253 bits per heavy atom. The fraction of sp³-hybridized carbons (Fsp3) is 0.571. The highest BCUT2D eigenvalue weighted by Gasteiger charge is 2.19. The third-order valence-corrected chi connectivity index (χ3v) is 13.4. The van der Waals surface area contributed by atoms with Crippen LogP contribution in [0.2, 0.25) is 0 Å². The van der Waals surface area contributed by atoms with Crippen LogP contribution in [0.3, 0.4) is 0 Å². The largest absolute Gasteiger partial charge is 0.462 e. The zero-order chi connectivity index (χ0) is 59.9. The second kappa shape index (κ2) is 69.0. The standard InChI is InChI=1S/C77H120O6/c1-4-7-10-13-16-19-22-25-27-29-31-33-35-37-38-40-41-43-45-47-49-52-55-58-61-64-67-70-76(79)82-73-74(72-81-75(78)69-66-63-60-57-54-51-24-21-18-15-12-9-6-3)83-77(80)71-68-65-62-59-56-53-50-48-46-44-42-39-36-34-32-30-28-26-23-20-17-14-11-8-5-2/h7-8,10-11,16-17,19-21,24-28,31-34,37-39,41-43,46-49,55,58,74H,4-6,9,12-15,18,22-23,29-30,35-36,40,44-45,50-54,56-57,59-73H2,1-3H3/b10-7-,11-8-,19-16-,20-17-,24-21-,27-25-,28-26-,33-31-,34-32-,38-37-,42-39-,43-41-,48-46-,49-47-,58-55-. The molecule has 6 heteroatoms. The molecule has 0 saturated heterocycles. The first-order valence-electron chi connectivity index (χ1n) is 33.3. The van der Waals surface area contributed by atoms with Gasteiger partial charge in [0, 0.05) is 19.3 Å². The first-order chi connectivity index (χ1) is 41.0. The highest BCUT2D eigenvalue weighted by atomic mass is 16.6. The second-order valence-electron chi connectivity index (χ2n) is 21.3. The molecular formula is C77H120O6. The molecule has 0 aliphatic heterocycles. The Labute approximate surface area is 510 Å². The van der Waals surface area contributed by atoms with E-state index in [9.17, 15) is 14.4 Å². The van der Waals surface area contributed by atoms with Crippen molar-refractivity contribution >= 4 is 17.9 Å². The van der Waals surface area contributed by atoms with Crippen LogP contribution in [0.4, 0.5) is 0 Å². The van der Waals surface area contributed by atoms with Crippen molar-refractivity contribution in [2.45, 2.75) is 271 Å². The summed E-state index contributed by atoms with van der Waals surface area (Å²) in [6, 6.07) is 0. The lowest BCUT2D eigenvalue weighted by Gasteiger charge is -2.18. The maximum Gasteiger partial charge on any atom is 0.306 e. The molecule has 0 aliphatic carbocycles. The average Bonchev–Trinajstić information content (AvgIpc) is 3.49. The predicted molar refractivity (Wildman–Crippen MR) is 361 cm³/mol. The van der Waals surface area contributed by atoms with Gasteiger partial charge in [-0.3, -0.25) is 14.4 Å². The summed E-state index contributed by atoms with van der Waals surface area (Å²) in [6.07, 6.45) is 103. The Bertz CT molecular complexity index is 1940. The lowest BCUT2D eigenvalue weighted by Crippen LogP contribution is -2.30. The van der Waals surface area contributed by atoms with E-state index in [2.05, 4.69) is 203 Å². The number of rotatable bonds is 58. The van der Waals surface area contributed by atoms with E-state index < -0.39 is 6.10 Å². The Morgan fingerprint density at radius 2 is 0.470 bits per heavy atom. The summed E-state index contributed by atoms with van der Waals surface area (Å²) in [5, 5.41) is 0. The molecule has 0 amide bonds. The lowest BCUT2D eigenvalue weighted by molar-refractivity contribution is -0.167. The number of hydrogen-bond donors (Lipinski definition) is 0. The van der Waals surface area contributed by atoms with E-state index in [-0.39, 0.29) is 37.5 Å². The molecule has 83 heavy (non-hydrogen) atoms. The fourth-order valence-corrected chi connectivity index (χ4v) is 8.46. The Morgan fingerprint density at radius 3 is 0.771 bits per heavy atom. The highest BCUT2D eigenvalue weighted by Crippen LogP contribution is 2.14. The minimum Gasteiger partial charge on any atom is -0.462 e. The van der Waals surface area contributed by atoms with Gasteiger partial charge in [-0.25, -0.2) is 0 Å². The zero-order valence-corrected chi connectivity index (χ0v) is 53.1. The summed E-state index contributed by atoms with van der Waals surface area (Å²) >= 11 is 0. The third kappa shape index (κ3) is 67.2. The van der Waals surface area contributed by atoms with Crippen LogP contribution in [0, 0.1) is 0 Å². The molecule has 1 unspecified atom stereocenters. The topological polar surface area (TPSA) is 78.9 Å². The zero-order valence-electron chi connectivity index (χ0n) is 53.1. The summed E-state index contributed by atoms with van der Waals surface area (Å²) in [5.74, 6) is -0.985. The van der Waals surface area contributed by atoms with Gasteiger partial charge in [0.2, 0.25) is 0 Å². The van der Waals surface area contributed by atoms with E-state index in [4.69, 9.17) is 14.2 Å². The number of unbranched alkanes of at least 4 members (excludes halogenated alkanes) is 17.